The zero-order valence-electron chi connectivity index (χ0n) is 18.0. The van der Waals surface area contributed by atoms with Crippen LogP contribution in [-0.2, 0) is 0 Å². The summed E-state index contributed by atoms with van der Waals surface area (Å²) >= 11 is 1.33. The number of hydrogen-bond donors (Lipinski definition) is 0. The van der Waals surface area contributed by atoms with Crippen LogP contribution in [0.4, 0.5) is 0 Å². The van der Waals surface area contributed by atoms with Crippen LogP contribution in [0.5, 0.6) is 11.5 Å². The number of aromatic nitrogens is 3. The first kappa shape index (κ1) is 21.8. The second kappa shape index (κ2) is 10.2. The Morgan fingerprint density at radius 2 is 1.75 bits per heavy atom. The van der Waals surface area contributed by atoms with Crippen molar-refractivity contribution in [2.75, 3.05) is 13.2 Å². The van der Waals surface area contributed by atoms with E-state index in [0.717, 1.165) is 35.7 Å². The number of unbranched alkanes of at least 4 members (excludes halogenated alkanes) is 2. The van der Waals surface area contributed by atoms with Gasteiger partial charge in [0.15, 0.2) is 5.82 Å². The molecule has 0 spiro atoms. The summed E-state index contributed by atoms with van der Waals surface area (Å²) in [5.74, 6) is 2.10. The van der Waals surface area contributed by atoms with Gasteiger partial charge >= 0.3 is 0 Å². The van der Waals surface area contributed by atoms with E-state index in [1.807, 2.05) is 54.6 Å². The minimum absolute atomic E-state index is 0.172. The molecule has 0 N–H and O–H groups in total. The van der Waals surface area contributed by atoms with Crippen LogP contribution in [0.15, 0.2) is 66.0 Å². The molecule has 0 aliphatic heterocycles. The second-order valence-corrected chi connectivity index (χ2v) is 8.30. The SMILES string of the molecule is C=CCOc1ccc(-c2nc3s/c(=C\c4ccc(OCCCCC)cc4)c(=O)n3n2)cc1. The monoisotopic (exact) mass is 447 g/mol. The van der Waals surface area contributed by atoms with Crippen molar-refractivity contribution in [2.24, 2.45) is 0 Å². The first-order chi connectivity index (χ1) is 15.7. The average molecular weight is 448 g/mol. The Labute approximate surface area is 190 Å². The lowest BCUT2D eigenvalue weighted by Crippen LogP contribution is -2.23. The topological polar surface area (TPSA) is 65.7 Å². The van der Waals surface area contributed by atoms with E-state index in [1.165, 1.54) is 28.7 Å². The highest BCUT2D eigenvalue weighted by atomic mass is 32.1. The summed E-state index contributed by atoms with van der Waals surface area (Å²) in [5, 5.41) is 4.41. The molecule has 4 aromatic rings. The molecule has 0 saturated heterocycles. The van der Waals surface area contributed by atoms with Crippen molar-refractivity contribution < 1.29 is 9.47 Å². The molecule has 0 aliphatic carbocycles. The number of rotatable bonds is 10. The van der Waals surface area contributed by atoms with Crippen molar-refractivity contribution in [2.45, 2.75) is 26.2 Å². The first-order valence-electron chi connectivity index (χ1n) is 10.7. The van der Waals surface area contributed by atoms with Crippen molar-refractivity contribution in [1.82, 2.24) is 14.6 Å². The van der Waals surface area contributed by atoms with E-state index in [-0.39, 0.29) is 5.56 Å². The smallest absolute Gasteiger partial charge is 0.291 e. The van der Waals surface area contributed by atoms with Crippen molar-refractivity contribution in [3.05, 3.63) is 81.6 Å². The fourth-order valence-corrected chi connectivity index (χ4v) is 4.07. The summed E-state index contributed by atoms with van der Waals surface area (Å²) in [7, 11) is 0. The molecule has 0 saturated carbocycles. The van der Waals surface area contributed by atoms with E-state index < -0.39 is 0 Å². The average Bonchev–Trinajstić information content (AvgIpc) is 3.36. The summed E-state index contributed by atoms with van der Waals surface area (Å²) in [6.45, 7) is 6.98. The molecule has 4 rings (SSSR count). The van der Waals surface area contributed by atoms with Gasteiger partial charge in [0.25, 0.3) is 5.56 Å². The van der Waals surface area contributed by atoms with Gasteiger partial charge in [0.2, 0.25) is 4.96 Å². The van der Waals surface area contributed by atoms with Crippen LogP contribution in [0.2, 0.25) is 0 Å². The highest BCUT2D eigenvalue weighted by Gasteiger charge is 2.12. The fraction of sp³-hybridized carbons (Fsp3) is 0.240. The Kier molecular flexibility index (Phi) is 6.97. The Bertz CT molecular complexity index is 1290. The van der Waals surface area contributed by atoms with E-state index in [2.05, 4.69) is 23.6 Å². The Hall–Kier alpha value is -3.45. The fourth-order valence-electron chi connectivity index (χ4n) is 3.17. The highest BCUT2D eigenvalue weighted by molar-refractivity contribution is 7.15. The number of nitrogens with zero attached hydrogens (tertiary/aromatic N) is 3. The molecule has 2 heterocycles. The summed E-state index contributed by atoms with van der Waals surface area (Å²) in [6, 6.07) is 15.2. The molecule has 0 atom stereocenters. The Balaban J connectivity index is 1.51. The number of ether oxygens (including phenoxy) is 2. The zero-order chi connectivity index (χ0) is 22.3. The molecule has 7 heteroatoms. The van der Waals surface area contributed by atoms with Gasteiger partial charge in [0.05, 0.1) is 11.1 Å². The van der Waals surface area contributed by atoms with E-state index in [0.29, 0.717) is 21.9 Å². The first-order valence-corrected chi connectivity index (χ1v) is 11.5. The van der Waals surface area contributed by atoms with Crippen LogP contribution in [0.1, 0.15) is 31.7 Å². The van der Waals surface area contributed by atoms with Crippen LogP contribution >= 0.6 is 11.3 Å². The zero-order valence-corrected chi connectivity index (χ0v) is 18.8. The maximum absolute atomic E-state index is 12.8. The standard InChI is InChI=1S/C25H25N3O3S/c1-3-5-6-16-31-20-11-7-18(8-12-20)17-22-24(29)28-25(32-22)26-23(27-28)19-9-13-21(14-10-19)30-15-4-2/h4,7-14,17H,2-3,5-6,15-16H2,1H3/b22-17-. The van der Waals surface area contributed by atoms with Crippen molar-refractivity contribution in [3.8, 4) is 22.9 Å². The number of thiazole rings is 1. The predicted molar refractivity (Wildman–Crippen MR) is 129 cm³/mol. The van der Waals surface area contributed by atoms with Crippen molar-refractivity contribution in [1.29, 1.82) is 0 Å². The predicted octanol–water partition coefficient (Wildman–Crippen LogP) is 4.50. The minimum Gasteiger partial charge on any atom is -0.494 e. The molecule has 0 bridgehead atoms. The molecular formula is C25H25N3O3S. The van der Waals surface area contributed by atoms with Crippen LogP contribution < -0.4 is 19.6 Å². The van der Waals surface area contributed by atoms with Gasteiger partial charge in [-0.2, -0.15) is 9.50 Å². The summed E-state index contributed by atoms with van der Waals surface area (Å²) < 4.78 is 13.2. The third-order valence-electron chi connectivity index (χ3n) is 4.86. The quantitative estimate of drug-likeness (QED) is 0.265. The lowest BCUT2D eigenvalue weighted by molar-refractivity contribution is 0.306. The maximum Gasteiger partial charge on any atom is 0.291 e. The van der Waals surface area contributed by atoms with Gasteiger partial charge in [-0.3, -0.25) is 4.79 Å². The van der Waals surface area contributed by atoms with Crippen molar-refractivity contribution >= 4 is 22.4 Å². The summed E-state index contributed by atoms with van der Waals surface area (Å²) in [4.78, 5) is 17.9. The molecule has 32 heavy (non-hydrogen) atoms. The largest absolute Gasteiger partial charge is 0.494 e. The molecule has 2 aromatic heterocycles. The van der Waals surface area contributed by atoms with Crippen LogP contribution in [0, 0.1) is 0 Å². The molecule has 0 aliphatic rings. The Morgan fingerprint density at radius 1 is 1.03 bits per heavy atom. The van der Waals surface area contributed by atoms with Crippen molar-refractivity contribution in [3.63, 3.8) is 0 Å². The molecular weight excluding hydrogens is 422 g/mol. The molecule has 2 aromatic carbocycles. The van der Waals surface area contributed by atoms with E-state index in [9.17, 15) is 4.79 Å². The lowest BCUT2D eigenvalue weighted by atomic mass is 10.2. The number of benzene rings is 2. The van der Waals surface area contributed by atoms with E-state index in [1.54, 1.807) is 6.08 Å². The minimum atomic E-state index is -0.172. The third-order valence-corrected chi connectivity index (χ3v) is 5.82. The molecule has 0 fully saturated rings. The number of hydrogen-bond acceptors (Lipinski definition) is 6. The Morgan fingerprint density at radius 3 is 2.44 bits per heavy atom. The summed E-state index contributed by atoms with van der Waals surface area (Å²) in [6.07, 6.45) is 6.95. The summed E-state index contributed by atoms with van der Waals surface area (Å²) in [5.41, 5.74) is 1.59. The van der Waals surface area contributed by atoms with Gasteiger partial charge in [0.1, 0.15) is 18.1 Å². The maximum atomic E-state index is 12.8. The molecule has 0 radical (unpaired) electrons. The molecule has 164 valence electrons. The highest BCUT2D eigenvalue weighted by Crippen LogP contribution is 2.20. The van der Waals surface area contributed by atoms with Gasteiger partial charge < -0.3 is 9.47 Å². The van der Waals surface area contributed by atoms with Gasteiger partial charge in [-0.15, -0.1) is 5.10 Å². The van der Waals surface area contributed by atoms with Gasteiger partial charge in [0, 0.05) is 5.56 Å². The number of fused-ring (bicyclic) bond motifs is 1. The van der Waals surface area contributed by atoms with E-state index in [4.69, 9.17) is 9.47 Å². The molecule has 6 nitrogen and oxygen atoms in total. The lowest BCUT2D eigenvalue weighted by Gasteiger charge is -2.05. The van der Waals surface area contributed by atoms with Gasteiger partial charge in [-0.25, -0.2) is 0 Å². The van der Waals surface area contributed by atoms with Gasteiger partial charge in [-0.1, -0.05) is 55.9 Å². The normalized spacial score (nSPS) is 11.7. The van der Waals surface area contributed by atoms with Gasteiger partial charge in [-0.05, 0) is 54.5 Å². The molecule has 0 unspecified atom stereocenters. The van der Waals surface area contributed by atoms with Crippen LogP contribution in [0.3, 0.4) is 0 Å². The van der Waals surface area contributed by atoms with Crippen LogP contribution in [-0.4, -0.2) is 27.8 Å². The third kappa shape index (κ3) is 5.06. The second-order valence-electron chi connectivity index (χ2n) is 7.29. The van der Waals surface area contributed by atoms with Crippen LogP contribution in [0.25, 0.3) is 22.4 Å². The van der Waals surface area contributed by atoms with E-state index >= 15 is 0 Å². The molecule has 0 amide bonds.